The molecule has 21 heavy (non-hydrogen) atoms. The zero-order valence-electron chi connectivity index (χ0n) is 10.7. The van der Waals surface area contributed by atoms with Crippen molar-refractivity contribution < 1.29 is 14.3 Å². The normalized spacial score (nSPS) is 13.6. The topological polar surface area (TPSA) is 52.8 Å². The highest BCUT2D eigenvalue weighted by atomic mass is 79.9. The van der Waals surface area contributed by atoms with Gasteiger partial charge in [0.25, 0.3) is 0 Å². The summed E-state index contributed by atoms with van der Waals surface area (Å²) in [5.74, 6) is 1.37. The molecule has 0 saturated heterocycles. The zero-order chi connectivity index (χ0) is 14.4. The molecule has 5 nitrogen and oxygen atoms in total. The first kappa shape index (κ1) is 12.8. The summed E-state index contributed by atoms with van der Waals surface area (Å²) in [6, 6.07) is 3.71. The molecule has 0 saturated carbocycles. The highest BCUT2D eigenvalue weighted by Gasteiger charge is 2.21. The van der Waals surface area contributed by atoms with Gasteiger partial charge in [0.1, 0.15) is 24.6 Å². The summed E-state index contributed by atoms with van der Waals surface area (Å²) in [5, 5.41) is 1.90. The molecule has 0 aliphatic carbocycles. The van der Waals surface area contributed by atoms with Crippen LogP contribution in [0.5, 0.6) is 11.5 Å². The lowest BCUT2D eigenvalue weighted by atomic mass is 10.1. The van der Waals surface area contributed by atoms with E-state index in [9.17, 15) is 4.79 Å². The predicted octanol–water partition coefficient (Wildman–Crippen LogP) is 3.41. The third kappa shape index (κ3) is 1.96. The highest BCUT2D eigenvalue weighted by molar-refractivity contribution is 9.10. The number of benzene rings is 1. The fourth-order valence-corrected chi connectivity index (χ4v) is 3.59. The summed E-state index contributed by atoms with van der Waals surface area (Å²) < 4.78 is 13.8. The number of aldehydes is 1. The summed E-state index contributed by atoms with van der Waals surface area (Å²) in [6.07, 6.45) is 2.66. The van der Waals surface area contributed by atoms with Gasteiger partial charge in [0.15, 0.2) is 22.7 Å². The Morgan fingerprint density at radius 1 is 1.29 bits per heavy atom. The molecule has 0 N–H and O–H groups in total. The first-order valence-corrected chi connectivity index (χ1v) is 7.95. The van der Waals surface area contributed by atoms with E-state index >= 15 is 0 Å². The molecule has 3 aromatic rings. The number of nitrogens with zero attached hydrogens (tertiary/aromatic N) is 2. The molecule has 1 aliphatic heterocycles. The number of hydrogen-bond acceptors (Lipinski definition) is 5. The molecule has 106 valence electrons. The van der Waals surface area contributed by atoms with Crippen LogP contribution in [-0.4, -0.2) is 28.9 Å². The molecule has 2 aromatic heterocycles. The van der Waals surface area contributed by atoms with Crippen LogP contribution in [0.3, 0.4) is 0 Å². The molecule has 0 bridgehead atoms. The second kappa shape index (κ2) is 4.85. The van der Waals surface area contributed by atoms with Crippen LogP contribution in [0.15, 0.2) is 28.2 Å². The van der Waals surface area contributed by atoms with Crippen LogP contribution in [0.2, 0.25) is 0 Å². The Morgan fingerprint density at radius 3 is 2.81 bits per heavy atom. The van der Waals surface area contributed by atoms with Crippen LogP contribution in [0.1, 0.15) is 10.5 Å². The molecule has 0 fully saturated rings. The Labute approximate surface area is 132 Å². The van der Waals surface area contributed by atoms with Gasteiger partial charge in [0.2, 0.25) is 0 Å². The average molecular weight is 365 g/mol. The van der Waals surface area contributed by atoms with Crippen LogP contribution in [0.4, 0.5) is 0 Å². The Balaban J connectivity index is 1.95. The van der Waals surface area contributed by atoms with Crippen molar-refractivity contribution in [3.63, 3.8) is 0 Å². The monoisotopic (exact) mass is 364 g/mol. The number of carbonyl (C=O) groups is 1. The van der Waals surface area contributed by atoms with Gasteiger partial charge >= 0.3 is 0 Å². The van der Waals surface area contributed by atoms with E-state index in [1.807, 2.05) is 23.7 Å². The number of aromatic nitrogens is 2. The molecule has 1 aromatic carbocycles. The second-order valence-electron chi connectivity index (χ2n) is 4.49. The number of hydrogen-bond donors (Lipinski definition) is 0. The average Bonchev–Trinajstić information content (AvgIpc) is 3.06. The third-order valence-corrected chi connectivity index (χ3v) is 4.71. The summed E-state index contributed by atoms with van der Waals surface area (Å²) in [4.78, 5) is 16.8. The lowest BCUT2D eigenvalue weighted by molar-refractivity contribution is 0.111. The largest absolute Gasteiger partial charge is 0.486 e. The first-order valence-electron chi connectivity index (χ1n) is 6.28. The molecule has 0 unspecified atom stereocenters. The number of halogens is 1. The first-order chi connectivity index (χ1) is 10.3. The van der Waals surface area contributed by atoms with Gasteiger partial charge in [-0.2, -0.15) is 0 Å². The van der Waals surface area contributed by atoms with E-state index in [-0.39, 0.29) is 0 Å². The molecule has 3 heterocycles. The van der Waals surface area contributed by atoms with Crippen LogP contribution in [0.25, 0.3) is 16.2 Å². The van der Waals surface area contributed by atoms with E-state index < -0.39 is 0 Å². The molecule has 7 heteroatoms. The SMILES string of the molecule is O=Cc1c(-c2cc3c(cc2Br)OCCO3)nc2sccn12. The van der Waals surface area contributed by atoms with Crippen molar-refractivity contribution in [2.75, 3.05) is 13.2 Å². The van der Waals surface area contributed by atoms with E-state index in [1.165, 1.54) is 11.3 Å². The molecule has 0 atom stereocenters. The molecule has 0 spiro atoms. The Hall–Kier alpha value is -1.86. The van der Waals surface area contributed by atoms with E-state index in [0.717, 1.165) is 21.3 Å². The number of ether oxygens (including phenoxy) is 2. The maximum atomic E-state index is 11.4. The minimum Gasteiger partial charge on any atom is -0.486 e. The Kier molecular flexibility index (Phi) is 2.97. The standard InChI is InChI=1S/C14H9BrN2O3S/c15-9-6-12-11(19-2-3-20-12)5-8(9)13-10(7-18)17-1-4-21-14(17)16-13/h1,4-7H,2-3H2. The van der Waals surface area contributed by atoms with Crippen molar-refractivity contribution in [1.82, 2.24) is 9.38 Å². The molecular weight excluding hydrogens is 356 g/mol. The van der Waals surface area contributed by atoms with Crippen molar-refractivity contribution in [2.24, 2.45) is 0 Å². The lowest BCUT2D eigenvalue weighted by Crippen LogP contribution is -2.15. The minimum atomic E-state index is 0.521. The van der Waals surface area contributed by atoms with Crippen LogP contribution < -0.4 is 9.47 Å². The number of rotatable bonds is 2. The van der Waals surface area contributed by atoms with Crippen LogP contribution >= 0.6 is 27.3 Å². The second-order valence-corrected chi connectivity index (χ2v) is 6.22. The van der Waals surface area contributed by atoms with Crippen molar-refractivity contribution in [3.8, 4) is 22.8 Å². The van der Waals surface area contributed by atoms with E-state index in [0.29, 0.717) is 36.1 Å². The van der Waals surface area contributed by atoms with E-state index in [4.69, 9.17) is 9.47 Å². The summed E-state index contributed by atoms with van der Waals surface area (Å²) in [7, 11) is 0. The number of fused-ring (bicyclic) bond motifs is 2. The van der Waals surface area contributed by atoms with Gasteiger partial charge in [-0.25, -0.2) is 4.98 Å². The quantitative estimate of drug-likeness (QED) is 0.653. The maximum absolute atomic E-state index is 11.4. The van der Waals surface area contributed by atoms with Gasteiger partial charge in [-0.05, 0) is 28.1 Å². The van der Waals surface area contributed by atoms with Gasteiger partial charge in [0, 0.05) is 21.6 Å². The van der Waals surface area contributed by atoms with Crippen LogP contribution in [-0.2, 0) is 0 Å². The molecule has 0 amide bonds. The fraction of sp³-hybridized carbons (Fsp3) is 0.143. The summed E-state index contributed by atoms with van der Waals surface area (Å²) in [5.41, 5.74) is 1.99. The lowest BCUT2D eigenvalue weighted by Gasteiger charge is -2.19. The van der Waals surface area contributed by atoms with Crippen molar-refractivity contribution >= 4 is 38.5 Å². The van der Waals surface area contributed by atoms with Gasteiger partial charge in [0.05, 0.1) is 0 Å². The Bertz CT molecular complexity index is 855. The molecule has 4 rings (SSSR count). The smallest absolute Gasteiger partial charge is 0.194 e. The molecule has 1 aliphatic rings. The Morgan fingerprint density at radius 2 is 2.05 bits per heavy atom. The maximum Gasteiger partial charge on any atom is 0.194 e. The molecular formula is C14H9BrN2O3S. The number of carbonyl (C=O) groups excluding carboxylic acids is 1. The van der Waals surface area contributed by atoms with Gasteiger partial charge in [-0.15, -0.1) is 11.3 Å². The van der Waals surface area contributed by atoms with Crippen LogP contribution in [0, 0.1) is 0 Å². The van der Waals surface area contributed by atoms with Gasteiger partial charge in [-0.3, -0.25) is 9.20 Å². The highest BCUT2D eigenvalue weighted by Crippen LogP contribution is 2.40. The van der Waals surface area contributed by atoms with E-state index in [1.54, 1.807) is 4.40 Å². The number of imidazole rings is 1. The van der Waals surface area contributed by atoms with Gasteiger partial charge in [-0.1, -0.05) is 0 Å². The minimum absolute atomic E-state index is 0.521. The van der Waals surface area contributed by atoms with E-state index in [2.05, 4.69) is 20.9 Å². The van der Waals surface area contributed by atoms with Gasteiger partial charge < -0.3 is 9.47 Å². The number of thiazole rings is 1. The van der Waals surface area contributed by atoms with Crippen molar-refractivity contribution in [2.45, 2.75) is 0 Å². The predicted molar refractivity (Wildman–Crippen MR) is 82.6 cm³/mol. The zero-order valence-corrected chi connectivity index (χ0v) is 13.1. The summed E-state index contributed by atoms with van der Waals surface area (Å²) >= 11 is 5.01. The molecule has 0 radical (unpaired) electrons. The third-order valence-electron chi connectivity index (χ3n) is 3.30. The van der Waals surface area contributed by atoms with Crippen molar-refractivity contribution in [3.05, 3.63) is 33.9 Å². The van der Waals surface area contributed by atoms with Crippen molar-refractivity contribution in [1.29, 1.82) is 0 Å². The fourth-order valence-electron chi connectivity index (χ4n) is 2.36. The summed E-state index contributed by atoms with van der Waals surface area (Å²) in [6.45, 7) is 1.06.